The molecule has 280 valence electrons. The lowest BCUT2D eigenvalue weighted by Gasteiger charge is -2.17. The molecule has 0 N–H and O–H groups in total. The summed E-state index contributed by atoms with van der Waals surface area (Å²) in [5.74, 6) is 1.86. The zero-order valence-electron chi connectivity index (χ0n) is 32.6. The Hall–Kier alpha value is -8.08. The molecule has 60 heavy (non-hydrogen) atoms. The summed E-state index contributed by atoms with van der Waals surface area (Å²) in [6, 6.07) is 74.8. The standard InChI is InChI=1S/C56H36N4/c1-3-15-37(16-4-1)45-35-50(53-49-26-10-9-24-47(49)46-23-7-8-25-48(46)51(53)36-45)43-21-13-19-41(33-43)42-20-14-22-44(34-42)56-59-54(39-17-5-2-6-18-39)58-55(60-56)40-30-28-38(29-31-40)52-27-11-12-32-57-52/h1-36H. The molecule has 0 saturated carbocycles. The van der Waals surface area contributed by atoms with Crippen LogP contribution in [-0.4, -0.2) is 19.9 Å². The maximum absolute atomic E-state index is 5.09. The summed E-state index contributed by atoms with van der Waals surface area (Å²) >= 11 is 0. The monoisotopic (exact) mass is 764 g/mol. The third-order valence-corrected chi connectivity index (χ3v) is 11.3. The van der Waals surface area contributed by atoms with Gasteiger partial charge in [-0.3, -0.25) is 4.98 Å². The van der Waals surface area contributed by atoms with Crippen LogP contribution in [0.2, 0.25) is 0 Å². The molecular formula is C56H36N4. The molecule has 9 aromatic carbocycles. The molecule has 0 aliphatic rings. The second-order valence-corrected chi connectivity index (χ2v) is 15.0. The van der Waals surface area contributed by atoms with E-state index in [4.69, 9.17) is 15.0 Å². The molecule has 0 spiro atoms. The summed E-state index contributed by atoms with van der Waals surface area (Å²) in [5.41, 5.74) is 11.6. The maximum atomic E-state index is 5.09. The first kappa shape index (κ1) is 35.1. The molecule has 0 bridgehead atoms. The van der Waals surface area contributed by atoms with Gasteiger partial charge in [-0.2, -0.15) is 0 Å². The Bertz CT molecular complexity index is 3350. The largest absolute Gasteiger partial charge is 0.256 e. The highest BCUT2D eigenvalue weighted by Crippen LogP contribution is 2.43. The molecule has 4 nitrogen and oxygen atoms in total. The zero-order chi connectivity index (χ0) is 39.8. The van der Waals surface area contributed by atoms with Crippen molar-refractivity contribution >= 4 is 32.3 Å². The average Bonchev–Trinajstić information content (AvgIpc) is 3.34. The fourth-order valence-electron chi connectivity index (χ4n) is 8.44. The van der Waals surface area contributed by atoms with Gasteiger partial charge in [-0.1, -0.05) is 176 Å². The minimum atomic E-state index is 0.615. The van der Waals surface area contributed by atoms with E-state index in [2.05, 4.69) is 169 Å². The van der Waals surface area contributed by atoms with Gasteiger partial charge in [-0.05, 0) is 102 Å². The van der Waals surface area contributed by atoms with Crippen molar-refractivity contribution in [1.29, 1.82) is 0 Å². The van der Waals surface area contributed by atoms with Crippen LogP contribution in [0, 0.1) is 0 Å². The van der Waals surface area contributed by atoms with Gasteiger partial charge in [0.2, 0.25) is 0 Å². The van der Waals surface area contributed by atoms with Gasteiger partial charge >= 0.3 is 0 Å². The van der Waals surface area contributed by atoms with Gasteiger partial charge in [-0.15, -0.1) is 0 Å². The van der Waals surface area contributed by atoms with Crippen LogP contribution in [0.25, 0.3) is 111 Å². The minimum absolute atomic E-state index is 0.615. The lowest BCUT2D eigenvalue weighted by atomic mass is 9.86. The van der Waals surface area contributed by atoms with Gasteiger partial charge < -0.3 is 0 Å². The number of hydrogen-bond donors (Lipinski definition) is 0. The highest BCUT2D eigenvalue weighted by molar-refractivity contribution is 6.29. The third-order valence-electron chi connectivity index (χ3n) is 11.3. The van der Waals surface area contributed by atoms with Crippen molar-refractivity contribution in [1.82, 2.24) is 19.9 Å². The summed E-state index contributed by atoms with van der Waals surface area (Å²) in [4.78, 5) is 19.7. The van der Waals surface area contributed by atoms with Crippen molar-refractivity contribution in [2.24, 2.45) is 0 Å². The Morgan fingerprint density at radius 2 is 0.717 bits per heavy atom. The van der Waals surface area contributed by atoms with E-state index in [-0.39, 0.29) is 0 Å². The van der Waals surface area contributed by atoms with Gasteiger partial charge in [0.15, 0.2) is 17.5 Å². The van der Waals surface area contributed by atoms with E-state index >= 15 is 0 Å². The second-order valence-electron chi connectivity index (χ2n) is 15.0. The van der Waals surface area contributed by atoms with Crippen molar-refractivity contribution in [2.75, 3.05) is 0 Å². The SMILES string of the molecule is c1ccc(-c2cc(-c3cccc(-c4cccc(-c5nc(-c6ccccc6)nc(-c6ccc(-c7ccccn7)cc6)n5)c4)c3)c3c4ccccc4c4ccccc4c3c2)cc1. The first-order valence-corrected chi connectivity index (χ1v) is 20.2. The Morgan fingerprint density at radius 3 is 1.37 bits per heavy atom. The van der Waals surface area contributed by atoms with Crippen LogP contribution in [0.15, 0.2) is 219 Å². The molecule has 0 fully saturated rings. The van der Waals surface area contributed by atoms with Gasteiger partial charge in [-0.25, -0.2) is 15.0 Å². The predicted octanol–water partition coefficient (Wildman–Crippen LogP) is 14.4. The topological polar surface area (TPSA) is 51.6 Å². The van der Waals surface area contributed by atoms with Crippen LogP contribution < -0.4 is 0 Å². The summed E-state index contributed by atoms with van der Waals surface area (Å²) in [7, 11) is 0. The van der Waals surface area contributed by atoms with Crippen LogP contribution in [0.5, 0.6) is 0 Å². The lowest BCUT2D eigenvalue weighted by Crippen LogP contribution is -2.00. The second kappa shape index (κ2) is 15.0. The molecule has 4 heteroatoms. The van der Waals surface area contributed by atoms with Crippen LogP contribution in [0.1, 0.15) is 0 Å². The summed E-state index contributed by atoms with van der Waals surface area (Å²) in [6.07, 6.45) is 1.81. The van der Waals surface area contributed by atoms with Crippen LogP contribution in [-0.2, 0) is 0 Å². The molecular weight excluding hydrogens is 729 g/mol. The van der Waals surface area contributed by atoms with Gasteiger partial charge in [0.05, 0.1) is 5.69 Å². The molecule has 0 radical (unpaired) electrons. The summed E-state index contributed by atoms with van der Waals surface area (Å²) in [5, 5.41) is 7.53. The number of nitrogens with zero attached hydrogens (tertiary/aromatic N) is 4. The number of pyridine rings is 1. The van der Waals surface area contributed by atoms with Crippen molar-refractivity contribution in [3.8, 4) is 78.8 Å². The molecule has 0 unspecified atom stereocenters. The molecule has 0 atom stereocenters. The highest BCUT2D eigenvalue weighted by Gasteiger charge is 2.17. The smallest absolute Gasteiger partial charge is 0.164 e. The van der Waals surface area contributed by atoms with Gasteiger partial charge in [0.1, 0.15) is 0 Å². The van der Waals surface area contributed by atoms with E-state index in [1.807, 2.05) is 54.7 Å². The normalized spacial score (nSPS) is 11.3. The van der Waals surface area contributed by atoms with Gasteiger partial charge in [0.25, 0.3) is 0 Å². The van der Waals surface area contributed by atoms with E-state index < -0.39 is 0 Å². The molecule has 11 aromatic rings. The van der Waals surface area contributed by atoms with Crippen molar-refractivity contribution in [2.45, 2.75) is 0 Å². The van der Waals surface area contributed by atoms with Crippen molar-refractivity contribution in [3.63, 3.8) is 0 Å². The highest BCUT2D eigenvalue weighted by atomic mass is 15.0. The lowest BCUT2D eigenvalue weighted by molar-refractivity contribution is 1.07. The summed E-state index contributed by atoms with van der Waals surface area (Å²) < 4.78 is 0. The number of benzene rings is 9. The molecule has 2 heterocycles. The quantitative estimate of drug-likeness (QED) is 0.152. The Labute approximate surface area is 348 Å². The fourth-order valence-corrected chi connectivity index (χ4v) is 8.44. The molecule has 0 aliphatic heterocycles. The van der Waals surface area contributed by atoms with Crippen LogP contribution >= 0.6 is 0 Å². The molecule has 11 rings (SSSR count). The average molecular weight is 765 g/mol. The zero-order valence-corrected chi connectivity index (χ0v) is 32.6. The first-order chi connectivity index (χ1) is 29.7. The van der Waals surface area contributed by atoms with E-state index in [0.29, 0.717) is 17.5 Å². The van der Waals surface area contributed by atoms with E-state index in [1.165, 1.54) is 49.0 Å². The van der Waals surface area contributed by atoms with E-state index in [9.17, 15) is 0 Å². The molecule has 2 aromatic heterocycles. The van der Waals surface area contributed by atoms with Crippen molar-refractivity contribution < 1.29 is 0 Å². The number of hydrogen-bond acceptors (Lipinski definition) is 4. The fraction of sp³-hybridized carbons (Fsp3) is 0. The number of rotatable bonds is 7. The van der Waals surface area contributed by atoms with Gasteiger partial charge in [0, 0.05) is 28.5 Å². The van der Waals surface area contributed by atoms with Crippen molar-refractivity contribution in [3.05, 3.63) is 219 Å². The van der Waals surface area contributed by atoms with E-state index in [0.717, 1.165) is 44.6 Å². The maximum Gasteiger partial charge on any atom is 0.164 e. The number of aromatic nitrogens is 4. The first-order valence-electron chi connectivity index (χ1n) is 20.2. The third kappa shape index (κ3) is 6.47. The minimum Gasteiger partial charge on any atom is -0.256 e. The Balaban J connectivity index is 1.05. The molecule has 0 aliphatic carbocycles. The Morgan fingerprint density at radius 1 is 0.250 bits per heavy atom. The molecule has 0 saturated heterocycles. The molecule has 0 amide bonds. The van der Waals surface area contributed by atoms with E-state index in [1.54, 1.807) is 0 Å². The number of fused-ring (bicyclic) bond motifs is 6. The van der Waals surface area contributed by atoms with Crippen LogP contribution in [0.4, 0.5) is 0 Å². The predicted molar refractivity (Wildman–Crippen MR) is 248 cm³/mol. The van der Waals surface area contributed by atoms with Crippen LogP contribution in [0.3, 0.4) is 0 Å². The Kier molecular flexibility index (Phi) is 8.79. The summed E-state index contributed by atoms with van der Waals surface area (Å²) in [6.45, 7) is 0.